The number of likely N-dealkylation sites (tertiary alicyclic amines) is 2. The van der Waals surface area contributed by atoms with E-state index in [2.05, 4.69) is 36.5 Å². The van der Waals surface area contributed by atoms with Gasteiger partial charge in [0, 0.05) is 38.1 Å². The van der Waals surface area contributed by atoms with Gasteiger partial charge in [-0.1, -0.05) is 29.8 Å². The summed E-state index contributed by atoms with van der Waals surface area (Å²) in [6, 6.07) is 8.93. The van der Waals surface area contributed by atoms with Gasteiger partial charge in [-0.05, 0) is 38.2 Å². The van der Waals surface area contributed by atoms with E-state index in [0.717, 1.165) is 31.5 Å². The smallest absolute Gasteiger partial charge is 0.245 e. The molecule has 2 bridgehead atoms. The number of rotatable bonds is 3. The quantitative estimate of drug-likeness (QED) is 0.879. The Bertz CT molecular complexity index is 664. The molecule has 1 N–H and O–H groups in total. The molecule has 3 saturated heterocycles. The number of nitrogens with zero attached hydrogens (tertiary/aromatic N) is 2. The van der Waals surface area contributed by atoms with Crippen LogP contribution in [0, 0.1) is 6.92 Å². The molecule has 142 valence electrons. The molecule has 0 aromatic heterocycles. The highest BCUT2D eigenvalue weighted by atomic mass is 35.5. The number of nitrogens with one attached hydrogen (secondary N) is 1. The van der Waals surface area contributed by atoms with Crippen molar-refractivity contribution in [3.05, 3.63) is 35.4 Å². The number of aryl methyl sites for hydroxylation is 1. The Morgan fingerprint density at radius 2 is 1.85 bits per heavy atom. The van der Waals surface area contributed by atoms with Crippen LogP contribution in [-0.4, -0.2) is 52.8 Å². The second kappa shape index (κ2) is 7.97. The highest BCUT2D eigenvalue weighted by Gasteiger charge is 2.40. The summed E-state index contributed by atoms with van der Waals surface area (Å²) in [4.78, 5) is 29.3. The van der Waals surface area contributed by atoms with Gasteiger partial charge in [0.05, 0.1) is 0 Å². The van der Waals surface area contributed by atoms with Crippen LogP contribution in [0.15, 0.2) is 24.3 Å². The van der Waals surface area contributed by atoms with E-state index in [-0.39, 0.29) is 30.3 Å². The Morgan fingerprint density at radius 1 is 1.12 bits per heavy atom. The Kier molecular flexibility index (Phi) is 5.88. The first-order valence-electron chi connectivity index (χ1n) is 9.50. The molecule has 0 saturated carbocycles. The van der Waals surface area contributed by atoms with E-state index >= 15 is 0 Å². The monoisotopic (exact) mass is 377 g/mol. The zero-order chi connectivity index (χ0) is 17.4. The minimum atomic E-state index is -0.287. The Morgan fingerprint density at radius 3 is 2.62 bits per heavy atom. The lowest BCUT2D eigenvalue weighted by Gasteiger charge is -2.31. The Balaban J connectivity index is 0.00000196. The minimum Gasteiger partial charge on any atom is -0.339 e. The van der Waals surface area contributed by atoms with Crippen LogP contribution in [0.2, 0.25) is 0 Å². The molecule has 26 heavy (non-hydrogen) atoms. The predicted octanol–water partition coefficient (Wildman–Crippen LogP) is 2.26. The molecule has 3 fully saturated rings. The van der Waals surface area contributed by atoms with Gasteiger partial charge in [-0.3, -0.25) is 9.59 Å². The second-order valence-electron chi connectivity index (χ2n) is 7.77. The zero-order valence-electron chi connectivity index (χ0n) is 15.3. The van der Waals surface area contributed by atoms with Gasteiger partial charge in [-0.25, -0.2) is 0 Å². The van der Waals surface area contributed by atoms with Crippen molar-refractivity contribution in [2.75, 3.05) is 13.1 Å². The summed E-state index contributed by atoms with van der Waals surface area (Å²) in [6.07, 6.45) is 4.56. The number of hydrogen-bond acceptors (Lipinski definition) is 3. The van der Waals surface area contributed by atoms with Crippen molar-refractivity contribution in [1.82, 2.24) is 15.1 Å². The maximum Gasteiger partial charge on any atom is 0.245 e. The van der Waals surface area contributed by atoms with E-state index in [1.807, 2.05) is 4.90 Å². The van der Waals surface area contributed by atoms with Crippen LogP contribution in [-0.2, 0) is 16.1 Å². The van der Waals surface area contributed by atoms with Gasteiger partial charge >= 0.3 is 0 Å². The van der Waals surface area contributed by atoms with Gasteiger partial charge in [0.25, 0.3) is 0 Å². The van der Waals surface area contributed by atoms with Crippen LogP contribution in [0.4, 0.5) is 0 Å². The molecule has 0 spiro atoms. The topological polar surface area (TPSA) is 52.7 Å². The van der Waals surface area contributed by atoms with E-state index in [1.165, 1.54) is 12.0 Å². The first kappa shape index (κ1) is 19.2. The molecule has 2 amide bonds. The average Bonchev–Trinajstić information content (AvgIpc) is 3.12. The van der Waals surface area contributed by atoms with Crippen LogP contribution in [0.3, 0.4) is 0 Å². The first-order valence-corrected chi connectivity index (χ1v) is 9.50. The second-order valence-corrected chi connectivity index (χ2v) is 7.77. The van der Waals surface area contributed by atoms with E-state index in [9.17, 15) is 9.59 Å². The summed E-state index contributed by atoms with van der Waals surface area (Å²) in [5.74, 6) is 0.251. The largest absolute Gasteiger partial charge is 0.339 e. The summed E-state index contributed by atoms with van der Waals surface area (Å²) >= 11 is 0. The number of carbonyl (C=O) groups is 2. The summed E-state index contributed by atoms with van der Waals surface area (Å²) in [7, 11) is 0. The molecule has 3 unspecified atom stereocenters. The van der Waals surface area contributed by atoms with Crippen LogP contribution in [0.1, 0.15) is 43.2 Å². The van der Waals surface area contributed by atoms with Crippen LogP contribution >= 0.6 is 12.4 Å². The number of hydrogen-bond donors (Lipinski definition) is 1. The fourth-order valence-corrected chi connectivity index (χ4v) is 4.43. The van der Waals surface area contributed by atoms with Crippen molar-refractivity contribution in [3.63, 3.8) is 0 Å². The van der Waals surface area contributed by atoms with E-state index < -0.39 is 0 Å². The highest BCUT2D eigenvalue weighted by Crippen LogP contribution is 2.26. The van der Waals surface area contributed by atoms with Crippen molar-refractivity contribution < 1.29 is 9.59 Å². The minimum absolute atomic E-state index is 0. The van der Waals surface area contributed by atoms with Gasteiger partial charge in [0.1, 0.15) is 6.04 Å². The molecule has 5 nitrogen and oxygen atoms in total. The maximum absolute atomic E-state index is 13.1. The number of carbonyl (C=O) groups excluding carboxylic acids is 2. The SMILES string of the molecule is Cc1ccc(CN2C(=O)CCC2C(=O)N2CCC3CCC(C2)N3)cc1.Cl. The fraction of sp³-hybridized carbons (Fsp3) is 0.600. The molecular weight excluding hydrogens is 350 g/mol. The molecule has 1 aromatic carbocycles. The third-order valence-electron chi connectivity index (χ3n) is 5.92. The Labute approximate surface area is 161 Å². The Hall–Kier alpha value is -1.59. The third kappa shape index (κ3) is 3.89. The lowest BCUT2D eigenvalue weighted by Crippen LogP contribution is -2.49. The zero-order valence-corrected chi connectivity index (χ0v) is 16.1. The lowest BCUT2D eigenvalue weighted by molar-refractivity contribution is -0.142. The molecule has 0 radical (unpaired) electrons. The molecular formula is C20H28ClN3O2. The van der Waals surface area contributed by atoms with Crippen molar-refractivity contribution in [3.8, 4) is 0 Å². The molecule has 3 aliphatic heterocycles. The summed E-state index contributed by atoms with van der Waals surface area (Å²) in [5.41, 5.74) is 2.30. The van der Waals surface area contributed by atoms with Gasteiger partial charge in [-0.15, -0.1) is 12.4 Å². The first-order chi connectivity index (χ1) is 12.1. The molecule has 3 aliphatic rings. The molecule has 3 atom stereocenters. The standard InChI is InChI=1S/C20H27N3O2.ClH/c1-14-2-4-15(5-3-14)12-23-18(8-9-19(23)24)20(25)22-11-10-16-6-7-17(13-22)21-16;/h2-5,16-18,21H,6-13H2,1H3;1H. The maximum atomic E-state index is 13.1. The summed E-state index contributed by atoms with van der Waals surface area (Å²) in [6.45, 7) is 4.19. The molecule has 6 heteroatoms. The van der Waals surface area contributed by atoms with Crippen molar-refractivity contribution in [2.45, 2.75) is 63.7 Å². The van der Waals surface area contributed by atoms with E-state index in [4.69, 9.17) is 0 Å². The fourth-order valence-electron chi connectivity index (χ4n) is 4.43. The highest BCUT2D eigenvalue weighted by molar-refractivity contribution is 5.91. The van der Waals surface area contributed by atoms with Crippen molar-refractivity contribution in [1.29, 1.82) is 0 Å². The van der Waals surface area contributed by atoms with Crippen LogP contribution < -0.4 is 5.32 Å². The lowest BCUT2D eigenvalue weighted by atomic mass is 10.1. The van der Waals surface area contributed by atoms with Gasteiger partial charge in [0.15, 0.2) is 0 Å². The predicted molar refractivity (Wildman–Crippen MR) is 103 cm³/mol. The van der Waals surface area contributed by atoms with E-state index in [1.54, 1.807) is 4.90 Å². The normalized spacial score (nSPS) is 28.0. The average molecular weight is 378 g/mol. The molecule has 4 rings (SSSR count). The van der Waals surface area contributed by atoms with Gasteiger partial charge < -0.3 is 15.1 Å². The number of amides is 2. The van der Waals surface area contributed by atoms with Crippen molar-refractivity contribution in [2.24, 2.45) is 0 Å². The molecule has 3 heterocycles. The number of halogens is 1. The van der Waals surface area contributed by atoms with E-state index in [0.29, 0.717) is 31.5 Å². The number of benzene rings is 1. The summed E-state index contributed by atoms with van der Waals surface area (Å²) in [5, 5.41) is 3.62. The van der Waals surface area contributed by atoms with Gasteiger partial charge in [0.2, 0.25) is 11.8 Å². The molecule has 1 aromatic rings. The molecule has 0 aliphatic carbocycles. The van der Waals surface area contributed by atoms with Crippen molar-refractivity contribution >= 4 is 24.2 Å². The third-order valence-corrected chi connectivity index (χ3v) is 5.92. The van der Waals surface area contributed by atoms with Gasteiger partial charge in [-0.2, -0.15) is 0 Å². The van der Waals surface area contributed by atoms with Crippen LogP contribution in [0.5, 0.6) is 0 Å². The summed E-state index contributed by atoms with van der Waals surface area (Å²) < 4.78 is 0. The van der Waals surface area contributed by atoms with Crippen LogP contribution in [0.25, 0.3) is 0 Å². The number of fused-ring (bicyclic) bond motifs is 2.